The number of carbonyl (C=O) groups excluding carboxylic acids is 2. The molecular weight excluding hydrogens is 483 g/mol. The standard InChI is InChI=1S/C13H19O4.3C4H9.Sn/c1-6-9-7-13(10(14)16-4,11(15)17-5)8-12(9,2)3;3*1-3-4-2;/h6,9H,1-2,7-8H2,3-5H3;3*1,3-4H2,2H3;/t9-,12-;;;;/m0..../s1. The van der Waals surface area contributed by atoms with E-state index in [0.717, 1.165) is 0 Å². The van der Waals surface area contributed by atoms with Crippen LogP contribution in [0.4, 0.5) is 0 Å². The predicted molar refractivity (Wildman–Crippen MR) is 127 cm³/mol. The van der Waals surface area contributed by atoms with Crippen molar-refractivity contribution in [3.05, 3.63) is 12.7 Å². The van der Waals surface area contributed by atoms with Gasteiger partial charge >= 0.3 is 190 Å². The van der Waals surface area contributed by atoms with Crippen molar-refractivity contribution in [3.8, 4) is 0 Å². The molecule has 30 heavy (non-hydrogen) atoms. The molecule has 174 valence electrons. The number of rotatable bonds is 14. The van der Waals surface area contributed by atoms with Crippen molar-refractivity contribution in [1.29, 1.82) is 0 Å². The zero-order valence-electron chi connectivity index (χ0n) is 20.5. The van der Waals surface area contributed by atoms with Gasteiger partial charge in [-0.1, -0.05) is 0 Å². The second kappa shape index (κ2) is 12.5. The summed E-state index contributed by atoms with van der Waals surface area (Å²) in [7, 11) is 2.75. The summed E-state index contributed by atoms with van der Waals surface area (Å²) < 4.78 is 15.7. The number of esters is 2. The zero-order chi connectivity index (χ0) is 22.8. The van der Waals surface area contributed by atoms with Crippen LogP contribution >= 0.6 is 0 Å². The van der Waals surface area contributed by atoms with Crippen LogP contribution in [0.3, 0.4) is 0 Å². The maximum absolute atomic E-state index is 12.8. The van der Waals surface area contributed by atoms with Gasteiger partial charge in [-0.25, -0.2) is 0 Å². The number of hydrogen-bond donors (Lipinski definition) is 0. The third-order valence-electron chi connectivity index (χ3n) is 7.57. The summed E-state index contributed by atoms with van der Waals surface area (Å²) in [6.45, 7) is 13.3. The Morgan fingerprint density at radius 1 is 0.967 bits per heavy atom. The van der Waals surface area contributed by atoms with Crippen molar-refractivity contribution in [2.24, 2.45) is 16.7 Å². The number of ether oxygens (including phenoxy) is 2. The van der Waals surface area contributed by atoms with Crippen LogP contribution in [-0.2, 0) is 19.1 Å². The van der Waals surface area contributed by atoms with Crippen LogP contribution in [0.5, 0.6) is 0 Å². The van der Waals surface area contributed by atoms with Crippen LogP contribution in [0, 0.1) is 16.7 Å². The van der Waals surface area contributed by atoms with E-state index >= 15 is 0 Å². The van der Waals surface area contributed by atoms with Crippen LogP contribution in [-0.4, -0.2) is 44.5 Å². The SMILES string of the molecule is C=C[C@H]1CC(C(=O)OC)(C(=O)OC)C[C@@]1(C)[CH2][Sn]([CH2]CCC)([CH2]CCC)[CH2]CCC. The summed E-state index contributed by atoms with van der Waals surface area (Å²) in [5.41, 5.74) is -1.27. The molecule has 0 amide bonds. The van der Waals surface area contributed by atoms with Crippen LogP contribution in [0.1, 0.15) is 79.1 Å². The van der Waals surface area contributed by atoms with Gasteiger partial charge in [0.25, 0.3) is 0 Å². The van der Waals surface area contributed by atoms with Gasteiger partial charge in [0.1, 0.15) is 0 Å². The Hall–Kier alpha value is -0.521. The predicted octanol–water partition coefficient (Wildman–Crippen LogP) is 6.77. The summed E-state index contributed by atoms with van der Waals surface area (Å²) in [6.07, 6.45) is 10.7. The van der Waals surface area contributed by atoms with Gasteiger partial charge in [-0.2, -0.15) is 0 Å². The van der Waals surface area contributed by atoms with Gasteiger partial charge in [-0.15, -0.1) is 0 Å². The van der Waals surface area contributed by atoms with Gasteiger partial charge in [-0.05, 0) is 0 Å². The molecule has 0 aromatic carbocycles. The van der Waals surface area contributed by atoms with Gasteiger partial charge in [0.2, 0.25) is 0 Å². The molecule has 1 fully saturated rings. The molecule has 0 bridgehead atoms. The van der Waals surface area contributed by atoms with Crippen LogP contribution in [0.15, 0.2) is 12.7 Å². The van der Waals surface area contributed by atoms with E-state index in [1.807, 2.05) is 6.08 Å². The summed E-state index contributed by atoms with van der Waals surface area (Å²) in [5, 5.41) is 0. The average molecular weight is 529 g/mol. The fourth-order valence-electron chi connectivity index (χ4n) is 6.01. The second-order valence-corrected chi connectivity index (χ2v) is 23.8. The topological polar surface area (TPSA) is 52.6 Å². The average Bonchev–Trinajstić information content (AvgIpc) is 3.06. The van der Waals surface area contributed by atoms with Gasteiger partial charge in [-0.3, -0.25) is 0 Å². The molecule has 0 aromatic heterocycles. The molecule has 5 heteroatoms. The Labute approximate surface area is 189 Å². The number of allylic oxidation sites excluding steroid dienone is 1. The summed E-state index contributed by atoms with van der Waals surface area (Å²) in [6, 6.07) is 0. The first-order valence-electron chi connectivity index (χ1n) is 12.0. The molecular formula is C25H46O4Sn. The number of unbranched alkanes of at least 4 members (excludes halogenated alkanes) is 3. The van der Waals surface area contributed by atoms with Crippen molar-refractivity contribution in [1.82, 2.24) is 0 Å². The van der Waals surface area contributed by atoms with Gasteiger partial charge in [0.05, 0.1) is 0 Å². The Kier molecular flexibility index (Phi) is 11.5. The van der Waals surface area contributed by atoms with E-state index in [2.05, 4.69) is 34.3 Å². The van der Waals surface area contributed by atoms with Gasteiger partial charge in [0, 0.05) is 0 Å². The normalized spacial score (nSPS) is 23.2. The molecule has 4 nitrogen and oxygen atoms in total. The Balaban J connectivity index is 3.36. The van der Waals surface area contributed by atoms with Gasteiger partial charge < -0.3 is 0 Å². The maximum atomic E-state index is 12.8. The van der Waals surface area contributed by atoms with Gasteiger partial charge in [0.15, 0.2) is 0 Å². The second-order valence-electron chi connectivity index (χ2n) is 9.93. The third-order valence-corrected chi connectivity index (χ3v) is 24.1. The van der Waals surface area contributed by atoms with E-state index in [1.165, 1.54) is 70.5 Å². The minimum absolute atomic E-state index is 0.0879. The van der Waals surface area contributed by atoms with Crippen molar-refractivity contribution >= 4 is 30.3 Å². The molecule has 0 aliphatic heterocycles. The third kappa shape index (κ3) is 6.26. The van der Waals surface area contributed by atoms with Crippen molar-refractivity contribution in [2.45, 2.75) is 96.8 Å². The molecule has 1 rings (SSSR count). The molecule has 0 N–H and O–H groups in total. The van der Waals surface area contributed by atoms with Crippen LogP contribution in [0.25, 0.3) is 0 Å². The monoisotopic (exact) mass is 530 g/mol. The Bertz CT molecular complexity index is 536. The molecule has 0 aromatic rings. The fourth-order valence-corrected chi connectivity index (χ4v) is 25.1. The Morgan fingerprint density at radius 3 is 1.73 bits per heavy atom. The van der Waals surface area contributed by atoms with Crippen molar-refractivity contribution in [3.63, 3.8) is 0 Å². The quantitative estimate of drug-likeness (QED) is 0.108. The first kappa shape index (κ1) is 27.5. The first-order valence-corrected chi connectivity index (χ1v) is 20.1. The molecule has 1 saturated carbocycles. The van der Waals surface area contributed by atoms with Crippen molar-refractivity contribution < 1.29 is 19.1 Å². The van der Waals surface area contributed by atoms with E-state index in [1.54, 1.807) is 0 Å². The summed E-state index contributed by atoms with van der Waals surface area (Å²) >= 11 is -2.48. The molecule has 0 heterocycles. The number of methoxy groups -OCH3 is 2. The zero-order valence-corrected chi connectivity index (χ0v) is 23.3. The molecule has 0 saturated heterocycles. The summed E-state index contributed by atoms with van der Waals surface area (Å²) in [4.78, 5) is 25.7. The molecule has 0 radical (unpaired) electrons. The van der Waals surface area contributed by atoms with E-state index in [9.17, 15) is 9.59 Å². The molecule has 2 atom stereocenters. The number of carbonyl (C=O) groups is 2. The van der Waals surface area contributed by atoms with Crippen LogP contribution < -0.4 is 0 Å². The van der Waals surface area contributed by atoms with E-state index in [-0.39, 0.29) is 11.3 Å². The molecule has 1 aliphatic carbocycles. The fraction of sp³-hybridized carbons (Fsp3) is 0.840. The minimum atomic E-state index is -2.48. The van der Waals surface area contributed by atoms with E-state index < -0.39 is 35.7 Å². The molecule has 1 aliphatic rings. The van der Waals surface area contributed by atoms with E-state index in [4.69, 9.17) is 9.47 Å². The molecule has 0 unspecified atom stereocenters. The molecule has 0 spiro atoms. The number of hydrogen-bond acceptors (Lipinski definition) is 4. The summed E-state index contributed by atoms with van der Waals surface area (Å²) in [5.74, 6) is -0.751. The van der Waals surface area contributed by atoms with Crippen molar-refractivity contribution in [2.75, 3.05) is 14.2 Å². The first-order chi connectivity index (χ1) is 14.2. The van der Waals surface area contributed by atoms with E-state index in [0.29, 0.717) is 12.8 Å². The van der Waals surface area contributed by atoms with Crippen LogP contribution in [0.2, 0.25) is 17.7 Å². The Morgan fingerprint density at radius 2 is 1.40 bits per heavy atom.